The van der Waals surface area contributed by atoms with Crippen LogP contribution < -0.4 is 10.2 Å². The maximum atomic E-state index is 10.7. The van der Waals surface area contributed by atoms with Crippen LogP contribution in [0.15, 0.2) is 24.5 Å². The fourth-order valence-electron chi connectivity index (χ4n) is 4.63. The Kier molecular flexibility index (Phi) is 6.59. The molecule has 1 saturated heterocycles. The standard InChI is InChI=1S/C25H37N7O/c1-17-8-7-9-20(18(17)2)32-12-10-31(11-13-32)15-19(33)14-26-22-21-23(28-16-27-22)30(6)24(29-21)25(3,4)5/h7-9,16,19,33H,10-15H2,1-6H3,(H,26,27,28). The molecule has 3 aromatic rings. The Balaban J connectivity index is 1.34. The number of imidazole rings is 1. The third-order valence-electron chi connectivity index (χ3n) is 6.59. The summed E-state index contributed by atoms with van der Waals surface area (Å²) in [6.45, 7) is 15.7. The van der Waals surface area contributed by atoms with E-state index in [1.807, 2.05) is 11.6 Å². The van der Waals surface area contributed by atoms with E-state index in [9.17, 15) is 5.11 Å². The van der Waals surface area contributed by atoms with Crippen molar-refractivity contribution in [2.75, 3.05) is 49.5 Å². The predicted octanol–water partition coefficient (Wildman–Crippen LogP) is 2.87. The first-order chi connectivity index (χ1) is 15.6. The van der Waals surface area contributed by atoms with E-state index >= 15 is 0 Å². The van der Waals surface area contributed by atoms with Crippen LogP contribution in [0.5, 0.6) is 0 Å². The molecule has 1 aliphatic heterocycles. The maximum Gasteiger partial charge on any atom is 0.165 e. The largest absolute Gasteiger partial charge is 0.390 e. The molecule has 1 fully saturated rings. The van der Waals surface area contributed by atoms with Crippen molar-refractivity contribution in [1.29, 1.82) is 0 Å². The number of piperazine rings is 1. The highest BCUT2D eigenvalue weighted by molar-refractivity contribution is 5.83. The summed E-state index contributed by atoms with van der Waals surface area (Å²) < 4.78 is 2.02. The number of rotatable bonds is 6. The first kappa shape index (κ1) is 23.4. The topological polar surface area (TPSA) is 82.3 Å². The molecule has 1 unspecified atom stereocenters. The summed E-state index contributed by atoms with van der Waals surface area (Å²) in [5.41, 5.74) is 5.47. The number of anilines is 2. The van der Waals surface area contributed by atoms with Gasteiger partial charge in [-0.2, -0.15) is 0 Å². The number of nitrogens with zero attached hydrogens (tertiary/aromatic N) is 6. The third-order valence-corrected chi connectivity index (χ3v) is 6.59. The van der Waals surface area contributed by atoms with Gasteiger partial charge in [-0.1, -0.05) is 32.9 Å². The molecule has 3 heterocycles. The molecule has 1 aromatic carbocycles. The van der Waals surface area contributed by atoms with Crippen LogP contribution >= 0.6 is 0 Å². The third kappa shape index (κ3) is 4.96. The number of aryl methyl sites for hydroxylation is 2. The zero-order valence-electron chi connectivity index (χ0n) is 20.8. The van der Waals surface area contributed by atoms with Crippen LogP contribution in [-0.4, -0.2) is 74.9 Å². The Bertz CT molecular complexity index is 1110. The van der Waals surface area contributed by atoms with Gasteiger partial charge in [-0.15, -0.1) is 0 Å². The lowest BCUT2D eigenvalue weighted by atomic mass is 9.96. The van der Waals surface area contributed by atoms with E-state index in [1.165, 1.54) is 16.8 Å². The van der Waals surface area contributed by atoms with Gasteiger partial charge in [0.25, 0.3) is 0 Å². The summed E-state index contributed by atoms with van der Waals surface area (Å²) in [5.74, 6) is 1.63. The lowest BCUT2D eigenvalue weighted by Crippen LogP contribution is -2.49. The number of hydrogen-bond donors (Lipinski definition) is 2. The molecular weight excluding hydrogens is 414 g/mol. The molecule has 0 saturated carbocycles. The van der Waals surface area contributed by atoms with Crippen LogP contribution in [0.4, 0.5) is 11.5 Å². The normalized spacial score (nSPS) is 16.4. The highest BCUT2D eigenvalue weighted by atomic mass is 16.3. The summed E-state index contributed by atoms with van der Waals surface area (Å²) in [6, 6.07) is 6.51. The highest BCUT2D eigenvalue weighted by Crippen LogP contribution is 2.27. The lowest BCUT2D eigenvalue weighted by molar-refractivity contribution is 0.118. The van der Waals surface area contributed by atoms with Gasteiger partial charge >= 0.3 is 0 Å². The molecule has 0 radical (unpaired) electrons. The molecule has 1 atom stereocenters. The van der Waals surface area contributed by atoms with Gasteiger partial charge in [0.1, 0.15) is 12.2 Å². The fourth-order valence-corrected chi connectivity index (χ4v) is 4.63. The van der Waals surface area contributed by atoms with Crippen molar-refractivity contribution >= 4 is 22.7 Å². The van der Waals surface area contributed by atoms with Crippen molar-refractivity contribution in [2.24, 2.45) is 7.05 Å². The van der Waals surface area contributed by atoms with E-state index in [1.54, 1.807) is 6.33 Å². The highest BCUT2D eigenvalue weighted by Gasteiger charge is 2.24. The molecule has 4 rings (SSSR count). The number of aliphatic hydroxyl groups excluding tert-OH is 1. The lowest BCUT2D eigenvalue weighted by Gasteiger charge is -2.37. The number of aliphatic hydroxyl groups is 1. The van der Waals surface area contributed by atoms with Gasteiger partial charge in [0, 0.05) is 57.4 Å². The van der Waals surface area contributed by atoms with Gasteiger partial charge in [0.05, 0.1) is 6.10 Å². The Hall–Kier alpha value is -2.71. The van der Waals surface area contributed by atoms with Crippen molar-refractivity contribution in [3.05, 3.63) is 41.5 Å². The first-order valence-electron chi connectivity index (χ1n) is 11.8. The minimum absolute atomic E-state index is 0.0919. The summed E-state index contributed by atoms with van der Waals surface area (Å²) in [7, 11) is 1.99. The van der Waals surface area contributed by atoms with E-state index < -0.39 is 6.10 Å². The Morgan fingerprint density at radius 2 is 1.82 bits per heavy atom. The van der Waals surface area contributed by atoms with E-state index in [4.69, 9.17) is 4.98 Å². The minimum Gasteiger partial charge on any atom is -0.390 e. The number of aromatic nitrogens is 4. The molecule has 0 spiro atoms. The van der Waals surface area contributed by atoms with Crippen molar-refractivity contribution < 1.29 is 5.11 Å². The first-order valence-corrected chi connectivity index (χ1v) is 11.8. The molecule has 33 heavy (non-hydrogen) atoms. The zero-order chi connectivity index (χ0) is 23.8. The molecule has 8 nitrogen and oxygen atoms in total. The van der Waals surface area contributed by atoms with Gasteiger partial charge in [0.15, 0.2) is 17.0 Å². The molecule has 0 aliphatic carbocycles. The summed E-state index contributed by atoms with van der Waals surface area (Å²) in [6.07, 6.45) is 1.06. The van der Waals surface area contributed by atoms with E-state index in [0.717, 1.165) is 43.2 Å². The van der Waals surface area contributed by atoms with E-state index in [-0.39, 0.29) is 5.41 Å². The molecule has 0 bridgehead atoms. The smallest absolute Gasteiger partial charge is 0.165 e. The van der Waals surface area contributed by atoms with Crippen LogP contribution in [0.1, 0.15) is 37.7 Å². The van der Waals surface area contributed by atoms with Crippen LogP contribution in [0.25, 0.3) is 11.2 Å². The predicted molar refractivity (Wildman–Crippen MR) is 134 cm³/mol. The van der Waals surface area contributed by atoms with Gasteiger partial charge in [-0.25, -0.2) is 15.0 Å². The number of β-amino-alcohol motifs (C(OH)–C–C–N with tert-alkyl or cyclic N) is 1. The van der Waals surface area contributed by atoms with Gasteiger partial charge in [-0.3, -0.25) is 4.90 Å². The zero-order valence-corrected chi connectivity index (χ0v) is 20.8. The summed E-state index contributed by atoms with van der Waals surface area (Å²) >= 11 is 0. The van der Waals surface area contributed by atoms with Crippen molar-refractivity contribution in [2.45, 2.75) is 46.1 Å². The van der Waals surface area contributed by atoms with Gasteiger partial charge < -0.3 is 19.9 Å². The number of nitrogens with one attached hydrogen (secondary N) is 1. The fraction of sp³-hybridized carbons (Fsp3) is 0.560. The number of fused-ring (bicyclic) bond motifs is 1. The Morgan fingerprint density at radius 3 is 2.52 bits per heavy atom. The number of benzene rings is 1. The molecular formula is C25H37N7O. The second kappa shape index (κ2) is 9.27. The Labute approximate surface area is 196 Å². The second-order valence-electron chi connectivity index (χ2n) is 10.2. The van der Waals surface area contributed by atoms with Crippen LogP contribution in [-0.2, 0) is 12.5 Å². The average Bonchev–Trinajstić information content (AvgIpc) is 3.13. The maximum absolute atomic E-state index is 10.7. The second-order valence-corrected chi connectivity index (χ2v) is 10.2. The van der Waals surface area contributed by atoms with Crippen LogP contribution in [0, 0.1) is 13.8 Å². The summed E-state index contributed by atoms with van der Waals surface area (Å²) in [5, 5.41) is 14.0. The molecule has 1 aliphatic rings. The monoisotopic (exact) mass is 451 g/mol. The van der Waals surface area contributed by atoms with Crippen LogP contribution in [0.3, 0.4) is 0 Å². The van der Waals surface area contributed by atoms with Crippen molar-refractivity contribution in [1.82, 2.24) is 24.4 Å². The molecule has 8 heteroatoms. The molecule has 2 aromatic heterocycles. The van der Waals surface area contributed by atoms with E-state index in [2.05, 4.69) is 77.9 Å². The van der Waals surface area contributed by atoms with Gasteiger partial charge in [0.2, 0.25) is 0 Å². The molecule has 2 N–H and O–H groups in total. The van der Waals surface area contributed by atoms with Crippen molar-refractivity contribution in [3.8, 4) is 0 Å². The SMILES string of the molecule is Cc1cccc(N2CCN(CC(O)CNc3ncnc4c3nc(C(C)(C)C)n4C)CC2)c1C. The number of hydrogen-bond acceptors (Lipinski definition) is 7. The average molecular weight is 452 g/mol. The summed E-state index contributed by atoms with van der Waals surface area (Å²) in [4.78, 5) is 18.4. The minimum atomic E-state index is -0.493. The van der Waals surface area contributed by atoms with Gasteiger partial charge in [-0.05, 0) is 31.0 Å². The Morgan fingerprint density at radius 1 is 1.09 bits per heavy atom. The van der Waals surface area contributed by atoms with Crippen LogP contribution in [0.2, 0.25) is 0 Å². The molecule has 178 valence electrons. The van der Waals surface area contributed by atoms with Crippen molar-refractivity contribution in [3.63, 3.8) is 0 Å². The molecule has 0 amide bonds. The quantitative estimate of drug-likeness (QED) is 0.596. The van der Waals surface area contributed by atoms with E-state index in [0.29, 0.717) is 18.9 Å².